The van der Waals surface area contributed by atoms with Crippen LogP contribution in [0.2, 0.25) is 0 Å². The number of allylic oxidation sites excluding steroid dienone is 12. The number of benzene rings is 2. The van der Waals surface area contributed by atoms with Gasteiger partial charge in [0.25, 0.3) is 0 Å². The predicted molar refractivity (Wildman–Crippen MR) is 176 cm³/mol. The number of nitrogens with zero attached hydrogens (tertiary/aromatic N) is 2. The van der Waals surface area contributed by atoms with E-state index in [4.69, 9.17) is 0 Å². The van der Waals surface area contributed by atoms with Gasteiger partial charge in [0, 0.05) is 44.9 Å². The molecule has 2 aliphatic carbocycles. The normalized spacial score (nSPS) is 16.7. The number of aromatic nitrogens is 2. The van der Waals surface area contributed by atoms with Crippen LogP contribution in [-0.2, 0) is 26.2 Å². The van der Waals surface area contributed by atoms with Gasteiger partial charge in [0.1, 0.15) is 0 Å². The Morgan fingerprint density at radius 1 is 0.512 bits per heavy atom. The minimum atomic E-state index is 0. The van der Waals surface area contributed by atoms with Crippen molar-refractivity contribution in [3.05, 3.63) is 141 Å². The zero-order valence-corrected chi connectivity index (χ0v) is 30.0. The van der Waals surface area contributed by atoms with E-state index < -0.39 is 0 Å². The summed E-state index contributed by atoms with van der Waals surface area (Å²) < 4.78 is 0. The van der Waals surface area contributed by atoms with Crippen LogP contribution in [0.1, 0.15) is 38.8 Å². The molecule has 2 aliphatic heterocycles. The summed E-state index contributed by atoms with van der Waals surface area (Å²) in [6, 6.07) is 21.1. The maximum Gasteiger partial charge on any atom is 2.00 e. The Morgan fingerprint density at radius 3 is 1.33 bits per heavy atom. The average molecular weight is 713 g/mol. The SMILES string of the molecule is CC1=PC2=C(C)C=C(c3cnc4ccccc4c3)C2=C1.CC1=PC2=C(C)C=C(c3cnc4ccccc4c3)C2=C1.[Cl-].[Cl-].[Zr+2]. The first-order valence-electron chi connectivity index (χ1n) is 13.6. The van der Waals surface area contributed by atoms with E-state index >= 15 is 0 Å². The number of hydrogen-bond donors (Lipinski definition) is 0. The molecular weight excluding hydrogens is 684 g/mol. The van der Waals surface area contributed by atoms with Gasteiger partial charge in [0.05, 0.1) is 11.0 Å². The first-order valence-corrected chi connectivity index (χ1v) is 15.3. The number of halogens is 2. The third kappa shape index (κ3) is 6.35. The van der Waals surface area contributed by atoms with E-state index in [1.54, 1.807) is 0 Å². The van der Waals surface area contributed by atoms with Crippen molar-refractivity contribution in [1.29, 1.82) is 0 Å². The van der Waals surface area contributed by atoms with Crippen LogP contribution in [-0.4, -0.2) is 20.6 Å². The zero-order valence-electron chi connectivity index (χ0n) is 24.3. The fourth-order valence-electron chi connectivity index (χ4n) is 5.74. The fraction of sp³-hybridized carbons (Fsp3) is 0.111. The molecule has 7 heteroatoms. The molecule has 4 aliphatic rings. The van der Waals surface area contributed by atoms with Gasteiger partial charge >= 0.3 is 26.2 Å². The van der Waals surface area contributed by atoms with E-state index in [1.807, 2.05) is 24.5 Å². The van der Waals surface area contributed by atoms with E-state index in [0.717, 1.165) is 11.0 Å². The molecule has 0 radical (unpaired) electrons. The fourth-order valence-corrected chi connectivity index (χ4v) is 7.93. The number of rotatable bonds is 2. The maximum absolute atomic E-state index is 4.59. The summed E-state index contributed by atoms with van der Waals surface area (Å²) in [5.74, 6) is 0. The Hall–Kier alpha value is -2.50. The molecule has 0 saturated heterocycles. The van der Waals surface area contributed by atoms with E-state index in [-0.39, 0.29) is 51.0 Å². The van der Waals surface area contributed by atoms with Crippen molar-refractivity contribution < 1.29 is 51.0 Å². The molecule has 4 heterocycles. The largest absolute Gasteiger partial charge is 2.00 e. The molecule has 0 unspecified atom stereocenters. The average Bonchev–Trinajstić information content (AvgIpc) is 3.70. The standard InChI is InChI=1S/2C18H14NP.2ClH.Zr/c2*1-11-7-15(16-8-12(2)20-18(11)16)14-9-13-5-3-4-6-17(13)19-10-14;;;/h2*3-10H,1-2H3;2*1H;/q;;;;+2/p-2. The van der Waals surface area contributed by atoms with E-state index in [2.05, 4.69) is 110 Å². The minimum absolute atomic E-state index is 0. The minimum Gasteiger partial charge on any atom is -1.00 e. The van der Waals surface area contributed by atoms with Crippen molar-refractivity contribution in [2.45, 2.75) is 27.7 Å². The molecule has 2 aromatic heterocycles. The summed E-state index contributed by atoms with van der Waals surface area (Å²) in [5.41, 5.74) is 12.7. The van der Waals surface area contributed by atoms with Gasteiger partial charge in [-0.3, -0.25) is 9.97 Å². The second-order valence-electron chi connectivity index (χ2n) is 10.6. The van der Waals surface area contributed by atoms with Crippen molar-refractivity contribution in [3.63, 3.8) is 0 Å². The Kier molecular flexibility index (Phi) is 10.6. The molecule has 43 heavy (non-hydrogen) atoms. The monoisotopic (exact) mass is 710 g/mol. The van der Waals surface area contributed by atoms with Crippen molar-refractivity contribution in [2.75, 3.05) is 0 Å². The first kappa shape index (κ1) is 33.4. The molecule has 0 amide bonds. The molecule has 2 aromatic carbocycles. The Labute approximate surface area is 288 Å². The molecule has 0 atom stereocenters. The van der Waals surface area contributed by atoms with Crippen molar-refractivity contribution >= 4 is 59.9 Å². The first-order chi connectivity index (χ1) is 19.4. The third-order valence-electron chi connectivity index (χ3n) is 7.65. The summed E-state index contributed by atoms with van der Waals surface area (Å²) in [5, 5.41) is 8.18. The molecule has 2 nitrogen and oxygen atoms in total. The smallest absolute Gasteiger partial charge is 1.00 e. The van der Waals surface area contributed by atoms with Gasteiger partial charge in [-0.2, -0.15) is 0 Å². The number of fused-ring (bicyclic) bond motifs is 4. The quantitative estimate of drug-likeness (QED) is 0.295. The van der Waals surface area contributed by atoms with E-state index in [9.17, 15) is 0 Å². The van der Waals surface area contributed by atoms with Crippen molar-refractivity contribution in [3.8, 4) is 0 Å². The van der Waals surface area contributed by atoms with Crippen LogP contribution >= 0.6 is 16.4 Å². The summed E-state index contributed by atoms with van der Waals surface area (Å²) in [7, 11) is 2.72. The molecule has 4 aromatic rings. The molecule has 0 saturated carbocycles. The van der Waals surface area contributed by atoms with Crippen LogP contribution in [0, 0.1) is 0 Å². The van der Waals surface area contributed by atoms with Gasteiger partial charge in [-0.1, -0.05) is 52.8 Å². The van der Waals surface area contributed by atoms with Crippen LogP contribution in [0.25, 0.3) is 33.0 Å². The molecule has 0 spiro atoms. The van der Waals surface area contributed by atoms with Gasteiger partial charge in [-0.25, -0.2) is 0 Å². The van der Waals surface area contributed by atoms with Crippen LogP contribution in [0.5, 0.6) is 0 Å². The van der Waals surface area contributed by atoms with Gasteiger partial charge in [0.2, 0.25) is 0 Å². The second kappa shape index (κ2) is 13.6. The van der Waals surface area contributed by atoms with Gasteiger partial charge in [-0.15, -0.1) is 0 Å². The van der Waals surface area contributed by atoms with Crippen molar-refractivity contribution in [2.24, 2.45) is 0 Å². The van der Waals surface area contributed by atoms with Crippen LogP contribution in [0.3, 0.4) is 0 Å². The Bertz CT molecular complexity index is 1900. The predicted octanol–water partition coefficient (Wildman–Crippen LogP) is 3.97. The third-order valence-corrected chi connectivity index (χ3v) is 10.2. The van der Waals surface area contributed by atoms with Crippen LogP contribution < -0.4 is 24.8 Å². The van der Waals surface area contributed by atoms with Crippen LogP contribution in [0.15, 0.2) is 130 Å². The topological polar surface area (TPSA) is 25.8 Å². The Balaban J connectivity index is 0.000000184. The molecule has 0 bridgehead atoms. The molecular formula is C36H28Cl2N2P2Zr. The number of pyridine rings is 2. The molecule has 0 fully saturated rings. The van der Waals surface area contributed by atoms with E-state index in [1.165, 1.54) is 93.0 Å². The summed E-state index contributed by atoms with van der Waals surface area (Å²) in [4.78, 5) is 9.18. The summed E-state index contributed by atoms with van der Waals surface area (Å²) >= 11 is 0. The van der Waals surface area contributed by atoms with Gasteiger partial charge in [0.15, 0.2) is 0 Å². The van der Waals surface area contributed by atoms with Gasteiger partial charge < -0.3 is 24.8 Å². The summed E-state index contributed by atoms with van der Waals surface area (Å²) in [6.07, 6.45) is 13.2. The Morgan fingerprint density at radius 2 is 0.907 bits per heavy atom. The molecule has 0 N–H and O–H groups in total. The van der Waals surface area contributed by atoms with Crippen molar-refractivity contribution in [1.82, 2.24) is 9.97 Å². The molecule has 210 valence electrons. The van der Waals surface area contributed by atoms with E-state index in [0.29, 0.717) is 0 Å². The number of para-hydroxylation sites is 2. The summed E-state index contributed by atoms with van der Waals surface area (Å²) in [6.45, 7) is 8.80. The van der Waals surface area contributed by atoms with Gasteiger partial charge in [-0.05, 0) is 120 Å². The second-order valence-corrected chi connectivity index (χ2v) is 13.4. The number of hydrogen-bond acceptors (Lipinski definition) is 2. The van der Waals surface area contributed by atoms with Crippen LogP contribution in [0.4, 0.5) is 0 Å². The zero-order chi connectivity index (χ0) is 27.4. The molecule has 8 rings (SSSR count). The maximum atomic E-state index is 4.59.